The van der Waals surface area contributed by atoms with Crippen molar-refractivity contribution in [1.29, 1.82) is 0 Å². The highest BCUT2D eigenvalue weighted by Gasteiger charge is 2.31. The molecule has 1 unspecified atom stereocenters. The van der Waals surface area contributed by atoms with Gasteiger partial charge in [0.2, 0.25) is 0 Å². The minimum absolute atomic E-state index is 0.333. The van der Waals surface area contributed by atoms with Crippen molar-refractivity contribution in [3.05, 3.63) is 69.7 Å². The molecule has 1 aliphatic rings. The van der Waals surface area contributed by atoms with Gasteiger partial charge in [0.05, 0.1) is 0 Å². The molecule has 1 atom stereocenters. The molecule has 21 heavy (non-hydrogen) atoms. The first-order chi connectivity index (χ1) is 10.1. The van der Waals surface area contributed by atoms with Crippen LogP contribution in [0.1, 0.15) is 42.9 Å². The molecule has 0 aliphatic heterocycles. The molecule has 0 amide bonds. The van der Waals surface area contributed by atoms with Crippen molar-refractivity contribution in [3.63, 3.8) is 0 Å². The molecule has 1 aliphatic carbocycles. The van der Waals surface area contributed by atoms with E-state index in [0.717, 1.165) is 10.0 Å². The summed E-state index contributed by atoms with van der Waals surface area (Å²) >= 11 is 12.0. The Kier molecular flexibility index (Phi) is 4.54. The second-order valence-electron chi connectivity index (χ2n) is 5.86. The standard InChI is InChI=1S/C18H19Cl2N/c1-12(14-3-2-4-17(20)9-14)21-18-10-15(11-18)13-5-7-16(19)8-6-13/h2-9,12,15,18,21H,10-11H2,1H3. The first-order valence-electron chi connectivity index (χ1n) is 7.39. The lowest BCUT2D eigenvalue weighted by molar-refractivity contribution is 0.271. The zero-order valence-electron chi connectivity index (χ0n) is 12.0. The van der Waals surface area contributed by atoms with Crippen LogP contribution in [-0.2, 0) is 0 Å². The molecule has 1 nitrogen and oxygen atoms in total. The summed E-state index contributed by atoms with van der Waals surface area (Å²) in [5, 5.41) is 5.29. The van der Waals surface area contributed by atoms with Crippen LogP contribution >= 0.6 is 23.2 Å². The fourth-order valence-electron chi connectivity index (χ4n) is 2.99. The lowest BCUT2D eigenvalue weighted by atomic mass is 9.75. The fraction of sp³-hybridized carbons (Fsp3) is 0.333. The summed E-state index contributed by atoms with van der Waals surface area (Å²) in [6, 6.07) is 17.2. The third-order valence-corrected chi connectivity index (χ3v) is 4.80. The molecule has 3 heteroatoms. The molecule has 0 radical (unpaired) electrons. The van der Waals surface area contributed by atoms with Gasteiger partial charge in [-0.15, -0.1) is 0 Å². The molecule has 110 valence electrons. The Bertz CT molecular complexity index is 603. The summed E-state index contributed by atoms with van der Waals surface area (Å²) in [6.07, 6.45) is 2.37. The second kappa shape index (κ2) is 6.39. The normalized spacial score (nSPS) is 22.6. The van der Waals surface area contributed by atoms with Crippen molar-refractivity contribution in [3.8, 4) is 0 Å². The molecule has 0 aromatic heterocycles. The van der Waals surface area contributed by atoms with E-state index in [1.165, 1.54) is 24.0 Å². The van der Waals surface area contributed by atoms with Crippen LogP contribution in [0.4, 0.5) is 0 Å². The molecule has 2 aromatic rings. The van der Waals surface area contributed by atoms with Crippen LogP contribution in [0.15, 0.2) is 48.5 Å². The van der Waals surface area contributed by atoms with Crippen LogP contribution in [0, 0.1) is 0 Å². The smallest absolute Gasteiger partial charge is 0.0409 e. The highest BCUT2D eigenvalue weighted by atomic mass is 35.5. The fourth-order valence-corrected chi connectivity index (χ4v) is 3.31. The van der Waals surface area contributed by atoms with Crippen molar-refractivity contribution in [1.82, 2.24) is 5.32 Å². The Morgan fingerprint density at radius 2 is 1.71 bits per heavy atom. The molecule has 0 bridgehead atoms. The molecular weight excluding hydrogens is 301 g/mol. The third-order valence-electron chi connectivity index (χ3n) is 4.31. The summed E-state index contributed by atoms with van der Waals surface area (Å²) in [5.41, 5.74) is 2.64. The average molecular weight is 320 g/mol. The van der Waals surface area contributed by atoms with Gasteiger partial charge in [0.1, 0.15) is 0 Å². The van der Waals surface area contributed by atoms with Gasteiger partial charge in [0.15, 0.2) is 0 Å². The average Bonchev–Trinajstić information content (AvgIpc) is 2.43. The SMILES string of the molecule is CC(NC1CC(c2ccc(Cl)cc2)C1)c1cccc(Cl)c1. The van der Waals surface area contributed by atoms with E-state index in [9.17, 15) is 0 Å². The van der Waals surface area contributed by atoms with Crippen LogP contribution in [0.25, 0.3) is 0 Å². The monoisotopic (exact) mass is 319 g/mol. The largest absolute Gasteiger partial charge is 0.307 e. The molecule has 0 saturated heterocycles. The Morgan fingerprint density at radius 1 is 1.00 bits per heavy atom. The van der Waals surface area contributed by atoms with Gasteiger partial charge in [-0.1, -0.05) is 47.5 Å². The summed E-state index contributed by atoms with van der Waals surface area (Å²) in [4.78, 5) is 0. The van der Waals surface area contributed by atoms with Gasteiger partial charge < -0.3 is 5.32 Å². The van der Waals surface area contributed by atoms with Crippen LogP contribution in [0.3, 0.4) is 0 Å². The minimum Gasteiger partial charge on any atom is -0.307 e. The highest BCUT2D eigenvalue weighted by molar-refractivity contribution is 6.30. The van der Waals surface area contributed by atoms with Gasteiger partial charge in [0.25, 0.3) is 0 Å². The number of benzene rings is 2. The number of hydrogen-bond donors (Lipinski definition) is 1. The number of hydrogen-bond acceptors (Lipinski definition) is 1. The van der Waals surface area contributed by atoms with E-state index in [1.807, 2.05) is 30.3 Å². The van der Waals surface area contributed by atoms with Crippen molar-refractivity contribution in [2.45, 2.75) is 37.8 Å². The lowest BCUT2D eigenvalue weighted by Crippen LogP contribution is -2.41. The Morgan fingerprint density at radius 3 is 2.38 bits per heavy atom. The van der Waals surface area contributed by atoms with E-state index in [1.54, 1.807) is 0 Å². The zero-order chi connectivity index (χ0) is 14.8. The molecule has 0 spiro atoms. The molecule has 0 heterocycles. The first kappa shape index (κ1) is 14.9. The quantitative estimate of drug-likeness (QED) is 0.774. The summed E-state index contributed by atoms with van der Waals surface area (Å²) in [5.74, 6) is 0.659. The van der Waals surface area contributed by atoms with E-state index >= 15 is 0 Å². The van der Waals surface area contributed by atoms with Gasteiger partial charge >= 0.3 is 0 Å². The number of halogens is 2. The lowest BCUT2D eigenvalue weighted by Gasteiger charge is -2.38. The van der Waals surface area contributed by atoms with Gasteiger partial charge in [-0.05, 0) is 61.1 Å². The van der Waals surface area contributed by atoms with E-state index in [-0.39, 0.29) is 0 Å². The summed E-state index contributed by atoms with van der Waals surface area (Å²) < 4.78 is 0. The maximum Gasteiger partial charge on any atom is 0.0409 e. The summed E-state index contributed by atoms with van der Waals surface area (Å²) in [6.45, 7) is 2.20. The second-order valence-corrected chi connectivity index (χ2v) is 6.73. The molecule has 1 fully saturated rings. The van der Waals surface area contributed by atoms with Gasteiger partial charge in [-0.3, -0.25) is 0 Å². The van der Waals surface area contributed by atoms with Crippen molar-refractivity contribution >= 4 is 23.2 Å². The molecule has 1 N–H and O–H groups in total. The van der Waals surface area contributed by atoms with Gasteiger partial charge in [0, 0.05) is 22.1 Å². The Labute approximate surface area is 136 Å². The van der Waals surface area contributed by atoms with Crippen LogP contribution in [-0.4, -0.2) is 6.04 Å². The van der Waals surface area contributed by atoms with Crippen LogP contribution in [0.5, 0.6) is 0 Å². The zero-order valence-corrected chi connectivity index (χ0v) is 13.5. The predicted octanol–water partition coefficient (Wildman–Crippen LogP) is 5.59. The molecule has 2 aromatic carbocycles. The number of nitrogens with one attached hydrogen (secondary N) is 1. The first-order valence-corrected chi connectivity index (χ1v) is 8.14. The Hall–Kier alpha value is -1.02. The van der Waals surface area contributed by atoms with Gasteiger partial charge in [-0.2, -0.15) is 0 Å². The Balaban J connectivity index is 1.54. The van der Waals surface area contributed by atoms with E-state index in [4.69, 9.17) is 23.2 Å². The van der Waals surface area contributed by atoms with Crippen molar-refractivity contribution in [2.24, 2.45) is 0 Å². The van der Waals surface area contributed by atoms with E-state index in [0.29, 0.717) is 18.0 Å². The molecular formula is C18H19Cl2N. The van der Waals surface area contributed by atoms with Crippen LogP contribution < -0.4 is 5.32 Å². The van der Waals surface area contributed by atoms with Crippen molar-refractivity contribution in [2.75, 3.05) is 0 Å². The topological polar surface area (TPSA) is 12.0 Å². The third kappa shape index (κ3) is 3.60. The predicted molar refractivity (Wildman–Crippen MR) is 90.2 cm³/mol. The minimum atomic E-state index is 0.333. The maximum atomic E-state index is 6.05. The van der Waals surface area contributed by atoms with E-state index in [2.05, 4.69) is 30.4 Å². The van der Waals surface area contributed by atoms with Crippen LogP contribution in [0.2, 0.25) is 10.0 Å². The summed E-state index contributed by atoms with van der Waals surface area (Å²) in [7, 11) is 0. The highest BCUT2D eigenvalue weighted by Crippen LogP contribution is 2.38. The number of rotatable bonds is 4. The molecule has 1 saturated carbocycles. The molecule has 3 rings (SSSR count). The van der Waals surface area contributed by atoms with E-state index < -0.39 is 0 Å². The van der Waals surface area contributed by atoms with Crippen molar-refractivity contribution < 1.29 is 0 Å². The van der Waals surface area contributed by atoms with Gasteiger partial charge in [-0.25, -0.2) is 0 Å². The maximum absolute atomic E-state index is 6.05.